The van der Waals surface area contributed by atoms with Gasteiger partial charge in [-0.1, -0.05) is 29.7 Å². The van der Waals surface area contributed by atoms with Crippen molar-refractivity contribution in [3.63, 3.8) is 0 Å². The van der Waals surface area contributed by atoms with Crippen LogP contribution in [0.15, 0.2) is 24.3 Å². The summed E-state index contributed by atoms with van der Waals surface area (Å²) in [4.78, 5) is 2.57. The van der Waals surface area contributed by atoms with Gasteiger partial charge in [0.25, 0.3) is 0 Å². The Balaban J connectivity index is 1.53. The van der Waals surface area contributed by atoms with Crippen LogP contribution in [0.25, 0.3) is 0 Å². The maximum Gasteiger partial charge on any atom is 0.326 e. The molecule has 1 N–H and O–H groups in total. The minimum atomic E-state index is 0.666. The highest BCUT2D eigenvalue weighted by atomic mass is 16.5. The summed E-state index contributed by atoms with van der Waals surface area (Å²) in [6.07, 6.45) is 2.40. The molecule has 89 valence electrons. The standard InChI is InChI=1S/C13H17BNO2/c16-14-11-3-1-10(2-4-11)5-6-15-12-7-13(15)9-17-8-12/h1-4,12-13,16H,5-9H2. The zero-order chi connectivity index (χ0) is 11.7. The van der Waals surface area contributed by atoms with Gasteiger partial charge in [-0.25, -0.2) is 0 Å². The molecule has 2 atom stereocenters. The molecule has 2 unspecified atom stereocenters. The lowest BCUT2D eigenvalue weighted by molar-refractivity contribution is -0.126. The smallest absolute Gasteiger partial charge is 0.326 e. The lowest BCUT2D eigenvalue weighted by Gasteiger charge is -2.52. The maximum absolute atomic E-state index is 8.86. The molecular weight excluding hydrogens is 213 g/mol. The molecule has 0 aliphatic carbocycles. The Morgan fingerprint density at radius 2 is 1.94 bits per heavy atom. The van der Waals surface area contributed by atoms with Crippen LogP contribution in [-0.4, -0.2) is 49.2 Å². The molecule has 1 aromatic rings. The molecule has 3 nitrogen and oxygen atoms in total. The van der Waals surface area contributed by atoms with E-state index in [-0.39, 0.29) is 0 Å². The molecule has 1 aromatic carbocycles. The van der Waals surface area contributed by atoms with E-state index in [1.807, 2.05) is 12.1 Å². The van der Waals surface area contributed by atoms with Crippen molar-refractivity contribution < 1.29 is 9.76 Å². The van der Waals surface area contributed by atoms with Crippen LogP contribution in [-0.2, 0) is 11.2 Å². The Kier molecular flexibility index (Phi) is 3.18. The Labute approximate surface area is 103 Å². The van der Waals surface area contributed by atoms with Crippen molar-refractivity contribution in [2.24, 2.45) is 0 Å². The molecule has 2 bridgehead atoms. The van der Waals surface area contributed by atoms with Gasteiger partial charge in [-0.2, -0.15) is 0 Å². The number of nitrogens with zero attached hydrogens (tertiary/aromatic N) is 1. The zero-order valence-electron chi connectivity index (χ0n) is 9.88. The monoisotopic (exact) mass is 230 g/mol. The van der Waals surface area contributed by atoms with Gasteiger partial charge in [0, 0.05) is 18.6 Å². The first kappa shape index (κ1) is 11.3. The maximum atomic E-state index is 8.86. The molecule has 2 fully saturated rings. The van der Waals surface area contributed by atoms with Crippen molar-refractivity contribution in [3.05, 3.63) is 29.8 Å². The quantitative estimate of drug-likeness (QED) is 0.735. The van der Waals surface area contributed by atoms with E-state index in [4.69, 9.17) is 9.76 Å². The molecular formula is C13H17BNO2. The number of fused-ring (bicyclic) bond motifs is 2. The molecule has 2 aliphatic heterocycles. The Morgan fingerprint density at radius 1 is 1.24 bits per heavy atom. The van der Waals surface area contributed by atoms with E-state index < -0.39 is 0 Å². The molecule has 0 saturated carbocycles. The molecule has 1 radical (unpaired) electrons. The van der Waals surface area contributed by atoms with Gasteiger partial charge < -0.3 is 9.76 Å². The average molecular weight is 230 g/mol. The van der Waals surface area contributed by atoms with E-state index in [0.29, 0.717) is 12.1 Å². The zero-order valence-corrected chi connectivity index (χ0v) is 9.88. The summed E-state index contributed by atoms with van der Waals surface area (Å²) in [6, 6.07) is 9.42. The summed E-state index contributed by atoms with van der Waals surface area (Å²) in [5.74, 6) is 0. The second-order valence-electron chi connectivity index (χ2n) is 4.94. The molecule has 0 spiro atoms. The Morgan fingerprint density at radius 3 is 2.53 bits per heavy atom. The van der Waals surface area contributed by atoms with Crippen molar-refractivity contribution in [2.75, 3.05) is 19.8 Å². The van der Waals surface area contributed by atoms with Gasteiger partial charge >= 0.3 is 7.48 Å². The lowest BCUT2D eigenvalue weighted by atomic mass is 9.87. The van der Waals surface area contributed by atoms with E-state index >= 15 is 0 Å². The minimum Gasteiger partial charge on any atom is -0.450 e. The van der Waals surface area contributed by atoms with Gasteiger partial charge in [0.05, 0.1) is 13.2 Å². The number of benzene rings is 1. The second-order valence-corrected chi connectivity index (χ2v) is 4.94. The first-order valence-corrected chi connectivity index (χ1v) is 6.26. The van der Waals surface area contributed by atoms with Crippen LogP contribution < -0.4 is 5.46 Å². The van der Waals surface area contributed by atoms with E-state index in [2.05, 4.69) is 17.0 Å². The molecule has 2 saturated heterocycles. The molecule has 0 aromatic heterocycles. The fourth-order valence-electron chi connectivity index (χ4n) is 2.81. The molecule has 2 heterocycles. The summed E-state index contributed by atoms with van der Waals surface area (Å²) in [7, 11) is 1.14. The third-order valence-corrected chi connectivity index (χ3v) is 3.89. The van der Waals surface area contributed by atoms with E-state index in [0.717, 1.165) is 39.1 Å². The average Bonchev–Trinajstić information content (AvgIpc) is 2.40. The van der Waals surface area contributed by atoms with E-state index in [1.54, 1.807) is 0 Å². The number of hydrogen-bond acceptors (Lipinski definition) is 3. The van der Waals surface area contributed by atoms with Crippen LogP contribution in [0, 0.1) is 0 Å². The van der Waals surface area contributed by atoms with Crippen molar-refractivity contribution >= 4 is 12.9 Å². The van der Waals surface area contributed by atoms with E-state index in [9.17, 15) is 0 Å². The van der Waals surface area contributed by atoms with Crippen LogP contribution >= 0.6 is 0 Å². The summed E-state index contributed by atoms with van der Waals surface area (Å²) in [5, 5.41) is 8.86. The SMILES string of the molecule is O[B]c1ccc(CCN2C3COCC2C3)cc1. The number of ether oxygens (including phenoxy) is 1. The minimum absolute atomic E-state index is 0.666. The van der Waals surface area contributed by atoms with E-state index in [1.165, 1.54) is 12.0 Å². The van der Waals surface area contributed by atoms with Gasteiger partial charge in [0.1, 0.15) is 0 Å². The van der Waals surface area contributed by atoms with Crippen LogP contribution in [0.4, 0.5) is 0 Å². The normalized spacial score (nSPS) is 27.6. The number of morpholine rings is 1. The highest BCUT2D eigenvalue weighted by molar-refractivity contribution is 6.45. The van der Waals surface area contributed by atoms with Crippen molar-refractivity contribution in [1.82, 2.24) is 4.90 Å². The number of rotatable bonds is 4. The molecule has 3 rings (SSSR count). The highest BCUT2D eigenvalue weighted by Crippen LogP contribution is 2.30. The lowest BCUT2D eigenvalue weighted by Crippen LogP contribution is -2.63. The van der Waals surface area contributed by atoms with Crippen LogP contribution in [0.3, 0.4) is 0 Å². The van der Waals surface area contributed by atoms with Gasteiger partial charge in [0.2, 0.25) is 0 Å². The number of hydrogen-bond donors (Lipinski definition) is 1. The largest absolute Gasteiger partial charge is 0.450 e. The van der Waals surface area contributed by atoms with Crippen LogP contribution in [0.1, 0.15) is 12.0 Å². The molecule has 2 aliphatic rings. The van der Waals surface area contributed by atoms with Gasteiger partial charge in [-0.05, 0) is 18.4 Å². The second kappa shape index (κ2) is 4.80. The first-order valence-electron chi connectivity index (χ1n) is 6.26. The van der Waals surface area contributed by atoms with Crippen molar-refractivity contribution in [1.29, 1.82) is 0 Å². The first-order chi connectivity index (χ1) is 8.36. The Hall–Kier alpha value is -0.835. The van der Waals surface area contributed by atoms with Crippen LogP contribution in [0.5, 0.6) is 0 Å². The van der Waals surface area contributed by atoms with Gasteiger partial charge in [-0.3, -0.25) is 4.90 Å². The topological polar surface area (TPSA) is 32.7 Å². The third-order valence-electron chi connectivity index (χ3n) is 3.89. The predicted octanol–water partition coefficient (Wildman–Crippen LogP) is -0.0610. The molecule has 0 amide bonds. The summed E-state index contributed by atoms with van der Waals surface area (Å²) < 4.78 is 5.47. The predicted molar refractivity (Wildman–Crippen MR) is 67.5 cm³/mol. The van der Waals surface area contributed by atoms with Crippen molar-refractivity contribution in [2.45, 2.75) is 24.9 Å². The van der Waals surface area contributed by atoms with Crippen molar-refractivity contribution in [3.8, 4) is 0 Å². The Bertz CT molecular complexity index is 368. The molecule has 17 heavy (non-hydrogen) atoms. The fourth-order valence-corrected chi connectivity index (χ4v) is 2.81. The summed E-state index contributed by atoms with van der Waals surface area (Å²) >= 11 is 0. The van der Waals surface area contributed by atoms with Gasteiger partial charge in [-0.15, -0.1) is 0 Å². The third kappa shape index (κ3) is 2.25. The summed E-state index contributed by atoms with van der Waals surface area (Å²) in [5.41, 5.74) is 2.20. The fraction of sp³-hybridized carbons (Fsp3) is 0.538. The summed E-state index contributed by atoms with van der Waals surface area (Å²) in [6.45, 7) is 2.95. The molecule has 4 heteroatoms. The van der Waals surface area contributed by atoms with Crippen LogP contribution in [0.2, 0.25) is 0 Å². The highest BCUT2D eigenvalue weighted by Gasteiger charge is 2.41. The van der Waals surface area contributed by atoms with Gasteiger partial charge in [0.15, 0.2) is 0 Å².